The number of benzene rings is 1. The summed E-state index contributed by atoms with van der Waals surface area (Å²) in [5.74, 6) is -1.86. The lowest BCUT2D eigenvalue weighted by molar-refractivity contribution is -0.184. The van der Waals surface area contributed by atoms with Crippen molar-refractivity contribution in [3.05, 3.63) is 40.9 Å². The van der Waals surface area contributed by atoms with Crippen molar-refractivity contribution in [3.8, 4) is 10.6 Å². The van der Waals surface area contributed by atoms with E-state index in [-0.39, 0.29) is 18.7 Å². The van der Waals surface area contributed by atoms with Gasteiger partial charge in [-0.15, -0.1) is 11.3 Å². The molecule has 7 heteroatoms. The number of carbonyl (C=O) groups is 1. The molecule has 1 aliphatic rings. The van der Waals surface area contributed by atoms with Gasteiger partial charge in [0.05, 0.1) is 5.92 Å². The molecule has 25 heavy (non-hydrogen) atoms. The number of aromatic nitrogens is 1. The van der Waals surface area contributed by atoms with Crippen LogP contribution in [-0.2, 0) is 6.42 Å². The number of likely N-dealkylation sites (tertiary alicyclic amines) is 1. The monoisotopic (exact) mass is 368 g/mol. The number of alkyl halides is 3. The van der Waals surface area contributed by atoms with Crippen molar-refractivity contribution in [2.75, 3.05) is 13.1 Å². The van der Waals surface area contributed by atoms with E-state index in [9.17, 15) is 18.0 Å². The van der Waals surface area contributed by atoms with E-state index in [1.807, 2.05) is 24.3 Å². The molecule has 3 nitrogen and oxygen atoms in total. The molecule has 1 aromatic heterocycles. The summed E-state index contributed by atoms with van der Waals surface area (Å²) in [4.78, 5) is 18.1. The minimum Gasteiger partial charge on any atom is -0.337 e. The van der Waals surface area contributed by atoms with Crippen LogP contribution in [0.2, 0.25) is 0 Å². The van der Waals surface area contributed by atoms with Gasteiger partial charge in [0.15, 0.2) is 0 Å². The number of halogens is 3. The van der Waals surface area contributed by atoms with Crippen LogP contribution in [0.25, 0.3) is 10.6 Å². The zero-order valence-corrected chi connectivity index (χ0v) is 14.7. The molecule has 0 radical (unpaired) electrons. The van der Waals surface area contributed by atoms with Crippen LogP contribution in [0.3, 0.4) is 0 Å². The lowest BCUT2D eigenvalue weighted by Crippen LogP contribution is -2.44. The van der Waals surface area contributed by atoms with E-state index in [0.29, 0.717) is 18.0 Å². The normalized spacial score (nSPS) is 18.4. The Hall–Kier alpha value is -1.89. The second kappa shape index (κ2) is 7.15. The third kappa shape index (κ3) is 4.03. The summed E-state index contributed by atoms with van der Waals surface area (Å²) in [7, 11) is 0. The van der Waals surface area contributed by atoms with E-state index in [4.69, 9.17) is 0 Å². The molecule has 0 unspecified atom stereocenters. The van der Waals surface area contributed by atoms with Gasteiger partial charge in [0.25, 0.3) is 5.91 Å². The zero-order valence-electron chi connectivity index (χ0n) is 13.8. The molecule has 1 atom stereocenters. The predicted molar refractivity (Wildman–Crippen MR) is 91.6 cm³/mol. The number of hydrogen-bond donors (Lipinski definition) is 0. The molecule has 1 aliphatic heterocycles. The van der Waals surface area contributed by atoms with Gasteiger partial charge in [0, 0.05) is 24.0 Å². The van der Waals surface area contributed by atoms with Gasteiger partial charge < -0.3 is 4.90 Å². The van der Waals surface area contributed by atoms with Crippen molar-refractivity contribution >= 4 is 17.2 Å². The first kappa shape index (κ1) is 17.9. The number of thiazole rings is 1. The Balaban J connectivity index is 1.73. The Morgan fingerprint density at radius 1 is 1.32 bits per heavy atom. The molecule has 1 saturated heterocycles. The highest BCUT2D eigenvalue weighted by Crippen LogP contribution is 2.34. The number of amides is 1. The fraction of sp³-hybridized carbons (Fsp3) is 0.444. The van der Waals surface area contributed by atoms with Gasteiger partial charge in [-0.2, -0.15) is 13.2 Å². The largest absolute Gasteiger partial charge is 0.393 e. The standard InChI is InChI=1S/C18H19F3N2OS/c1-2-12-5-7-13(8-6-12)16-22-15(11-25-16)17(24)23-9-3-4-14(10-23)18(19,20)21/h5-8,11,14H,2-4,9-10H2,1H3/t14-/m0/s1. The first-order valence-electron chi connectivity index (χ1n) is 8.29. The van der Waals surface area contributed by atoms with Crippen LogP contribution in [-0.4, -0.2) is 35.1 Å². The van der Waals surface area contributed by atoms with Crippen LogP contribution in [0.1, 0.15) is 35.8 Å². The molecule has 0 saturated carbocycles. The molecule has 0 aliphatic carbocycles. The lowest BCUT2D eigenvalue weighted by atomic mass is 9.97. The number of piperidine rings is 1. The minimum atomic E-state index is -4.26. The fourth-order valence-corrected chi connectivity index (χ4v) is 3.78. The quantitative estimate of drug-likeness (QED) is 0.781. The average molecular weight is 368 g/mol. The van der Waals surface area contributed by atoms with Crippen LogP contribution in [0.5, 0.6) is 0 Å². The lowest BCUT2D eigenvalue weighted by Gasteiger charge is -2.33. The highest BCUT2D eigenvalue weighted by atomic mass is 32.1. The fourth-order valence-electron chi connectivity index (χ4n) is 2.98. The van der Waals surface area contributed by atoms with E-state index >= 15 is 0 Å². The Morgan fingerprint density at radius 2 is 2.04 bits per heavy atom. The molecule has 1 aromatic carbocycles. The highest BCUT2D eigenvalue weighted by Gasteiger charge is 2.43. The van der Waals surface area contributed by atoms with Crippen molar-refractivity contribution < 1.29 is 18.0 Å². The molecule has 3 rings (SSSR count). The number of carbonyl (C=O) groups excluding carboxylic acids is 1. The van der Waals surface area contributed by atoms with Gasteiger partial charge in [-0.1, -0.05) is 31.2 Å². The van der Waals surface area contributed by atoms with Crippen molar-refractivity contribution in [1.29, 1.82) is 0 Å². The molecule has 0 N–H and O–H groups in total. The summed E-state index contributed by atoms with van der Waals surface area (Å²) in [5.41, 5.74) is 2.35. The molecule has 0 spiro atoms. The maximum Gasteiger partial charge on any atom is 0.393 e. The topological polar surface area (TPSA) is 33.2 Å². The molecular formula is C18H19F3N2OS. The summed E-state index contributed by atoms with van der Waals surface area (Å²) >= 11 is 1.33. The maximum atomic E-state index is 12.9. The van der Waals surface area contributed by atoms with Crippen LogP contribution >= 0.6 is 11.3 Å². The second-order valence-corrected chi connectivity index (χ2v) is 7.08. The molecule has 2 heterocycles. The van der Waals surface area contributed by atoms with Crippen molar-refractivity contribution in [3.63, 3.8) is 0 Å². The Morgan fingerprint density at radius 3 is 2.68 bits per heavy atom. The van der Waals surface area contributed by atoms with Gasteiger partial charge in [0.2, 0.25) is 0 Å². The number of aryl methyl sites for hydroxylation is 1. The van der Waals surface area contributed by atoms with E-state index in [0.717, 1.165) is 12.0 Å². The maximum absolute atomic E-state index is 12.9. The highest BCUT2D eigenvalue weighted by molar-refractivity contribution is 7.13. The molecule has 2 aromatic rings. The third-order valence-corrected chi connectivity index (χ3v) is 5.40. The first-order valence-corrected chi connectivity index (χ1v) is 9.17. The number of rotatable bonds is 3. The number of hydrogen-bond acceptors (Lipinski definition) is 3. The SMILES string of the molecule is CCc1ccc(-c2nc(C(=O)N3CCC[C@H](C(F)(F)F)C3)cs2)cc1. The molecule has 1 amide bonds. The van der Waals surface area contributed by atoms with Crippen LogP contribution in [0.15, 0.2) is 29.6 Å². The summed E-state index contributed by atoms with van der Waals surface area (Å²) in [6.45, 7) is 2.14. The minimum absolute atomic E-state index is 0.0827. The molecule has 134 valence electrons. The Kier molecular flexibility index (Phi) is 5.13. The van der Waals surface area contributed by atoms with E-state index in [2.05, 4.69) is 11.9 Å². The Labute approximate surface area is 148 Å². The van der Waals surface area contributed by atoms with Gasteiger partial charge in [-0.25, -0.2) is 4.98 Å². The van der Waals surface area contributed by atoms with E-state index in [1.165, 1.54) is 21.8 Å². The van der Waals surface area contributed by atoms with Gasteiger partial charge in [0.1, 0.15) is 10.7 Å². The third-order valence-electron chi connectivity index (χ3n) is 4.50. The summed E-state index contributed by atoms with van der Waals surface area (Å²) in [6, 6.07) is 7.92. The molecular weight excluding hydrogens is 349 g/mol. The van der Waals surface area contributed by atoms with Crippen molar-refractivity contribution in [2.45, 2.75) is 32.4 Å². The van der Waals surface area contributed by atoms with Crippen molar-refractivity contribution in [1.82, 2.24) is 9.88 Å². The van der Waals surface area contributed by atoms with Gasteiger partial charge in [-0.05, 0) is 24.8 Å². The Bertz CT molecular complexity index is 740. The van der Waals surface area contributed by atoms with E-state index < -0.39 is 18.0 Å². The van der Waals surface area contributed by atoms with Crippen LogP contribution in [0, 0.1) is 5.92 Å². The molecule has 1 fully saturated rings. The van der Waals surface area contributed by atoms with E-state index in [1.54, 1.807) is 5.38 Å². The van der Waals surface area contributed by atoms with Crippen LogP contribution in [0.4, 0.5) is 13.2 Å². The zero-order chi connectivity index (χ0) is 18.0. The number of nitrogens with zero attached hydrogens (tertiary/aromatic N) is 2. The first-order chi connectivity index (χ1) is 11.9. The summed E-state index contributed by atoms with van der Waals surface area (Å²) in [5, 5.41) is 2.33. The second-order valence-electron chi connectivity index (χ2n) is 6.22. The summed E-state index contributed by atoms with van der Waals surface area (Å²) < 4.78 is 38.7. The average Bonchev–Trinajstić information content (AvgIpc) is 3.10. The van der Waals surface area contributed by atoms with Crippen molar-refractivity contribution in [2.24, 2.45) is 5.92 Å². The summed E-state index contributed by atoms with van der Waals surface area (Å²) in [6.07, 6.45) is -2.87. The molecule has 0 bridgehead atoms. The van der Waals surface area contributed by atoms with Gasteiger partial charge >= 0.3 is 6.18 Å². The predicted octanol–water partition coefficient (Wildman–Crippen LogP) is 4.79. The van der Waals surface area contributed by atoms with Crippen LogP contribution < -0.4 is 0 Å². The smallest absolute Gasteiger partial charge is 0.337 e. The van der Waals surface area contributed by atoms with Gasteiger partial charge in [-0.3, -0.25) is 4.79 Å².